The lowest BCUT2D eigenvalue weighted by molar-refractivity contribution is 0.408. The fourth-order valence-corrected chi connectivity index (χ4v) is 2.02. The van der Waals surface area contributed by atoms with Gasteiger partial charge in [-0.1, -0.05) is 26.7 Å². The van der Waals surface area contributed by atoms with Gasteiger partial charge in [0.05, 0.1) is 7.11 Å². The zero-order valence-electron chi connectivity index (χ0n) is 11.0. The fourth-order valence-electron chi connectivity index (χ4n) is 2.02. The smallest absolute Gasteiger partial charge is 0.203 e. The van der Waals surface area contributed by atoms with Crippen molar-refractivity contribution >= 4 is 11.6 Å². The summed E-state index contributed by atoms with van der Waals surface area (Å²) in [5, 5.41) is 3.35. The van der Waals surface area contributed by atoms with Crippen LogP contribution in [-0.4, -0.2) is 23.1 Å². The van der Waals surface area contributed by atoms with Gasteiger partial charge >= 0.3 is 0 Å². The van der Waals surface area contributed by atoms with Crippen molar-refractivity contribution < 1.29 is 4.74 Å². The molecule has 0 radical (unpaired) electrons. The van der Waals surface area contributed by atoms with Gasteiger partial charge in [-0.2, -0.15) is 0 Å². The van der Waals surface area contributed by atoms with Gasteiger partial charge in [0, 0.05) is 6.04 Å². The van der Waals surface area contributed by atoms with Crippen LogP contribution in [0.1, 0.15) is 33.6 Å². The van der Waals surface area contributed by atoms with Crippen molar-refractivity contribution in [1.29, 1.82) is 0 Å². The molecule has 0 aliphatic rings. The molecule has 0 spiro atoms. The zero-order valence-corrected chi connectivity index (χ0v) is 11.0. The van der Waals surface area contributed by atoms with E-state index in [4.69, 9.17) is 10.5 Å². The Balaban J connectivity index is 2.84. The number of nitrogen functional groups attached to an aromatic ring is 1. The summed E-state index contributed by atoms with van der Waals surface area (Å²) in [6.07, 6.45) is 3.71. The number of nitrogens with zero attached hydrogens (tertiary/aromatic N) is 2. The van der Waals surface area contributed by atoms with Crippen molar-refractivity contribution in [2.45, 2.75) is 39.7 Å². The van der Waals surface area contributed by atoms with Crippen LogP contribution in [0, 0.1) is 5.92 Å². The molecule has 0 aromatic carbocycles. The third-order valence-electron chi connectivity index (χ3n) is 3.16. The lowest BCUT2D eigenvalue weighted by Crippen LogP contribution is -2.26. The van der Waals surface area contributed by atoms with Crippen molar-refractivity contribution in [3.8, 4) is 5.75 Å². The van der Waals surface area contributed by atoms with Gasteiger partial charge < -0.3 is 15.8 Å². The van der Waals surface area contributed by atoms with E-state index >= 15 is 0 Å². The van der Waals surface area contributed by atoms with Crippen molar-refractivity contribution in [3.05, 3.63) is 6.33 Å². The van der Waals surface area contributed by atoms with Gasteiger partial charge in [0.2, 0.25) is 5.75 Å². The number of hydrogen-bond donors (Lipinski definition) is 2. The average molecular weight is 238 g/mol. The fraction of sp³-hybridized carbons (Fsp3) is 0.667. The first-order valence-corrected chi connectivity index (χ1v) is 6.04. The van der Waals surface area contributed by atoms with Crippen LogP contribution in [0.4, 0.5) is 11.6 Å². The average Bonchev–Trinajstić information content (AvgIpc) is 2.31. The summed E-state index contributed by atoms with van der Waals surface area (Å²) in [5.74, 6) is 2.15. The predicted molar refractivity (Wildman–Crippen MR) is 70.2 cm³/mol. The first-order chi connectivity index (χ1) is 8.13. The Labute approximate surface area is 103 Å². The molecule has 96 valence electrons. The maximum Gasteiger partial charge on any atom is 0.203 e. The second kappa shape index (κ2) is 6.27. The molecule has 0 fully saturated rings. The molecule has 0 saturated carbocycles. The van der Waals surface area contributed by atoms with Crippen molar-refractivity contribution in [2.24, 2.45) is 5.92 Å². The Hall–Kier alpha value is -1.52. The lowest BCUT2D eigenvalue weighted by atomic mass is 9.95. The Kier molecular flexibility index (Phi) is 5.00. The minimum atomic E-state index is 0.327. The highest BCUT2D eigenvalue weighted by Gasteiger charge is 2.17. The second-order valence-electron chi connectivity index (χ2n) is 4.15. The molecule has 1 heterocycles. The number of nitrogens with two attached hydrogens (primary N) is 1. The van der Waals surface area contributed by atoms with Crippen LogP contribution in [0.2, 0.25) is 0 Å². The lowest BCUT2D eigenvalue weighted by Gasteiger charge is -2.23. The van der Waals surface area contributed by atoms with Gasteiger partial charge in [0.15, 0.2) is 11.6 Å². The highest BCUT2D eigenvalue weighted by molar-refractivity contribution is 5.61. The van der Waals surface area contributed by atoms with Crippen molar-refractivity contribution in [2.75, 3.05) is 18.2 Å². The van der Waals surface area contributed by atoms with E-state index in [1.54, 1.807) is 7.11 Å². The standard InChI is InChI=1S/C12H22N4O/c1-5-9(6-2)8(3)16-12-10(17-4)11(13)14-7-15-12/h7-9H,5-6H2,1-4H3,(H3,13,14,15,16). The summed E-state index contributed by atoms with van der Waals surface area (Å²) >= 11 is 0. The Morgan fingerprint density at radius 1 is 1.35 bits per heavy atom. The predicted octanol–water partition coefficient (Wildman–Crippen LogP) is 2.30. The van der Waals surface area contributed by atoms with E-state index in [0.717, 1.165) is 12.8 Å². The molecule has 5 nitrogen and oxygen atoms in total. The zero-order chi connectivity index (χ0) is 12.8. The number of ether oxygens (including phenoxy) is 1. The van der Waals surface area contributed by atoms with Gasteiger partial charge in [0.1, 0.15) is 6.33 Å². The van der Waals surface area contributed by atoms with Crippen LogP contribution in [0.5, 0.6) is 5.75 Å². The number of methoxy groups -OCH3 is 1. The van der Waals surface area contributed by atoms with Crippen LogP contribution >= 0.6 is 0 Å². The van der Waals surface area contributed by atoms with Crippen LogP contribution in [0.15, 0.2) is 6.33 Å². The van der Waals surface area contributed by atoms with Gasteiger partial charge in [-0.3, -0.25) is 0 Å². The highest BCUT2D eigenvalue weighted by atomic mass is 16.5. The maximum atomic E-state index is 5.73. The van der Waals surface area contributed by atoms with E-state index in [9.17, 15) is 0 Å². The normalized spacial score (nSPS) is 12.5. The first-order valence-electron chi connectivity index (χ1n) is 6.04. The van der Waals surface area contributed by atoms with Gasteiger partial charge in [-0.05, 0) is 12.8 Å². The highest BCUT2D eigenvalue weighted by Crippen LogP contribution is 2.28. The van der Waals surface area contributed by atoms with Crippen LogP contribution in [0.25, 0.3) is 0 Å². The van der Waals surface area contributed by atoms with Crippen LogP contribution in [0.3, 0.4) is 0 Å². The largest absolute Gasteiger partial charge is 0.490 e. The molecule has 1 rings (SSSR count). The van der Waals surface area contributed by atoms with E-state index in [0.29, 0.717) is 29.3 Å². The maximum absolute atomic E-state index is 5.73. The topological polar surface area (TPSA) is 73.1 Å². The second-order valence-corrected chi connectivity index (χ2v) is 4.15. The molecule has 5 heteroatoms. The third kappa shape index (κ3) is 3.22. The van der Waals surface area contributed by atoms with E-state index in [2.05, 4.69) is 36.1 Å². The molecule has 1 aromatic heterocycles. The van der Waals surface area contributed by atoms with Crippen molar-refractivity contribution in [1.82, 2.24) is 9.97 Å². The number of rotatable bonds is 6. The first kappa shape index (κ1) is 13.5. The van der Waals surface area contributed by atoms with Gasteiger partial charge in [0.25, 0.3) is 0 Å². The molecule has 3 N–H and O–H groups in total. The number of hydrogen-bond acceptors (Lipinski definition) is 5. The van der Waals surface area contributed by atoms with Crippen molar-refractivity contribution in [3.63, 3.8) is 0 Å². The SMILES string of the molecule is CCC(CC)C(C)Nc1ncnc(N)c1OC. The summed E-state index contributed by atoms with van der Waals surface area (Å²) in [5.41, 5.74) is 5.73. The summed E-state index contributed by atoms with van der Waals surface area (Å²) < 4.78 is 5.21. The Bertz CT molecular complexity index is 352. The summed E-state index contributed by atoms with van der Waals surface area (Å²) in [6, 6.07) is 0.327. The third-order valence-corrected chi connectivity index (χ3v) is 3.16. The molecule has 0 aliphatic heterocycles. The molecule has 1 atom stereocenters. The van der Waals surface area contributed by atoms with Gasteiger partial charge in [-0.25, -0.2) is 9.97 Å². The molecule has 0 saturated heterocycles. The summed E-state index contributed by atoms with van der Waals surface area (Å²) in [6.45, 7) is 6.53. The van der Waals surface area contributed by atoms with E-state index < -0.39 is 0 Å². The molecule has 0 bridgehead atoms. The molecular formula is C12H22N4O. The van der Waals surface area contributed by atoms with Crippen LogP contribution < -0.4 is 15.8 Å². The van der Waals surface area contributed by atoms with Crippen LogP contribution in [-0.2, 0) is 0 Å². The molecule has 17 heavy (non-hydrogen) atoms. The number of nitrogens with one attached hydrogen (secondary N) is 1. The molecule has 1 aromatic rings. The minimum absolute atomic E-state index is 0.327. The summed E-state index contributed by atoms with van der Waals surface area (Å²) in [4.78, 5) is 8.08. The molecule has 0 aliphatic carbocycles. The number of aromatic nitrogens is 2. The monoisotopic (exact) mass is 238 g/mol. The molecular weight excluding hydrogens is 216 g/mol. The van der Waals surface area contributed by atoms with E-state index in [1.165, 1.54) is 6.33 Å². The minimum Gasteiger partial charge on any atom is -0.490 e. The Morgan fingerprint density at radius 3 is 2.53 bits per heavy atom. The molecule has 1 unspecified atom stereocenters. The molecule has 0 amide bonds. The quantitative estimate of drug-likeness (QED) is 0.795. The van der Waals surface area contributed by atoms with Gasteiger partial charge in [-0.15, -0.1) is 0 Å². The number of anilines is 2. The van der Waals surface area contributed by atoms with E-state index in [-0.39, 0.29) is 0 Å². The Morgan fingerprint density at radius 2 is 2.00 bits per heavy atom. The summed E-state index contributed by atoms with van der Waals surface area (Å²) in [7, 11) is 1.57. The van der Waals surface area contributed by atoms with E-state index in [1.807, 2.05) is 0 Å².